The zero-order chi connectivity index (χ0) is 25.4. The van der Waals surface area contributed by atoms with Crippen LogP contribution in [0.4, 0.5) is 4.39 Å². The number of benzene rings is 2. The predicted molar refractivity (Wildman–Crippen MR) is 138 cm³/mol. The lowest BCUT2D eigenvalue weighted by molar-refractivity contribution is 0.0278. The van der Waals surface area contributed by atoms with Crippen LogP contribution in [0.2, 0.25) is 0 Å². The van der Waals surface area contributed by atoms with Crippen LogP contribution in [0.25, 0.3) is 0 Å². The molecule has 0 radical (unpaired) electrons. The quantitative estimate of drug-likeness (QED) is 0.472. The molecule has 1 aromatic heterocycles. The zero-order valence-electron chi connectivity index (χ0n) is 21.2. The fraction of sp³-hybridized carbons (Fsp3) is 0.367. The molecule has 0 N–H and O–H groups in total. The van der Waals surface area contributed by atoms with Gasteiger partial charge in [0.25, 0.3) is 0 Å². The Morgan fingerprint density at radius 2 is 1.44 bits per heavy atom. The number of fused-ring (bicyclic) bond motifs is 1. The lowest BCUT2D eigenvalue weighted by Crippen LogP contribution is -2.60. The van der Waals surface area contributed by atoms with Gasteiger partial charge in [-0.05, 0) is 60.7 Å². The Bertz CT molecular complexity index is 1270. The van der Waals surface area contributed by atoms with Gasteiger partial charge in [0.2, 0.25) is 0 Å². The molecule has 0 bridgehead atoms. The Labute approximate surface area is 212 Å². The van der Waals surface area contributed by atoms with Gasteiger partial charge in [-0.3, -0.25) is 24.4 Å². The Hall–Kier alpha value is -3.22. The van der Waals surface area contributed by atoms with Crippen LogP contribution in [-0.2, 0) is 24.9 Å². The van der Waals surface area contributed by atoms with Crippen molar-refractivity contribution < 1.29 is 14.0 Å². The fourth-order valence-electron chi connectivity index (χ4n) is 5.62. The minimum Gasteiger partial charge on any atom is -0.297 e. The van der Waals surface area contributed by atoms with Crippen LogP contribution < -0.4 is 0 Å². The number of pyridine rings is 1. The van der Waals surface area contributed by atoms with Crippen molar-refractivity contribution in [1.82, 2.24) is 14.8 Å². The lowest BCUT2D eigenvalue weighted by atomic mass is 9.81. The minimum absolute atomic E-state index is 0.146. The molecule has 0 saturated carbocycles. The number of Topliss-reactive ketones (excluding diaryl/α,β-unsaturated/α-hetero) is 2. The van der Waals surface area contributed by atoms with E-state index in [4.69, 9.17) is 4.98 Å². The Kier molecular flexibility index (Phi) is 6.58. The molecule has 6 heteroatoms. The van der Waals surface area contributed by atoms with E-state index in [2.05, 4.69) is 9.80 Å². The molecular formula is C30H32FN3O2. The number of aryl methyl sites for hydroxylation is 3. The predicted octanol–water partition coefficient (Wildman–Crippen LogP) is 4.75. The van der Waals surface area contributed by atoms with Crippen molar-refractivity contribution in [3.8, 4) is 0 Å². The third-order valence-corrected chi connectivity index (χ3v) is 7.70. The number of piperazine rings is 1. The molecule has 0 atom stereocenters. The number of halogens is 1. The fourth-order valence-corrected chi connectivity index (χ4v) is 5.62. The van der Waals surface area contributed by atoms with Crippen molar-refractivity contribution in [2.75, 3.05) is 26.2 Å². The number of hydrogen-bond acceptors (Lipinski definition) is 5. The summed E-state index contributed by atoms with van der Waals surface area (Å²) in [6.07, 6.45) is 1.46. The van der Waals surface area contributed by atoms with Gasteiger partial charge in [0.05, 0.1) is 0 Å². The van der Waals surface area contributed by atoms with Crippen molar-refractivity contribution in [3.05, 3.63) is 99.6 Å². The highest BCUT2D eigenvalue weighted by molar-refractivity contribution is 6.32. The third-order valence-electron chi connectivity index (χ3n) is 7.70. The third kappa shape index (κ3) is 3.98. The SMILES string of the molecule is CCc1cc(C2(N3CCN(Cc4cc(F)ccc4C)CC3)C(=O)c3ccccc3C2=O)cc(CC)n1. The van der Waals surface area contributed by atoms with Gasteiger partial charge >= 0.3 is 0 Å². The van der Waals surface area contributed by atoms with E-state index in [0.717, 1.165) is 40.9 Å². The second-order valence-corrected chi connectivity index (χ2v) is 9.79. The summed E-state index contributed by atoms with van der Waals surface area (Å²) in [5, 5.41) is 0. The molecule has 0 spiro atoms. The van der Waals surface area contributed by atoms with Crippen molar-refractivity contribution in [2.24, 2.45) is 0 Å². The first kappa shape index (κ1) is 24.5. The van der Waals surface area contributed by atoms with E-state index in [1.165, 1.54) is 6.07 Å². The van der Waals surface area contributed by atoms with Crippen molar-refractivity contribution in [2.45, 2.75) is 45.7 Å². The second kappa shape index (κ2) is 9.68. The van der Waals surface area contributed by atoms with Crippen molar-refractivity contribution in [1.29, 1.82) is 0 Å². The molecule has 1 aliphatic heterocycles. The molecule has 1 fully saturated rings. The van der Waals surface area contributed by atoms with E-state index >= 15 is 0 Å². The summed E-state index contributed by atoms with van der Waals surface area (Å²) < 4.78 is 13.8. The van der Waals surface area contributed by atoms with Gasteiger partial charge in [0.15, 0.2) is 17.1 Å². The highest BCUT2D eigenvalue weighted by Gasteiger charge is 2.58. The van der Waals surface area contributed by atoms with E-state index in [1.54, 1.807) is 18.2 Å². The molecule has 186 valence electrons. The molecule has 1 saturated heterocycles. The molecule has 3 aromatic rings. The van der Waals surface area contributed by atoms with E-state index < -0.39 is 5.54 Å². The Morgan fingerprint density at radius 3 is 2.00 bits per heavy atom. The first-order valence-electron chi connectivity index (χ1n) is 12.8. The Morgan fingerprint density at radius 1 is 0.861 bits per heavy atom. The normalized spacial score (nSPS) is 18.0. The van der Waals surface area contributed by atoms with Gasteiger partial charge in [-0.2, -0.15) is 0 Å². The highest BCUT2D eigenvalue weighted by Crippen LogP contribution is 2.43. The molecule has 2 aliphatic rings. The molecule has 0 unspecified atom stereocenters. The van der Waals surface area contributed by atoms with Crippen molar-refractivity contribution in [3.63, 3.8) is 0 Å². The molecule has 2 heterocycles. The van der Waals surface area contributed by atoms with Gasteiger partial charge < -0.3 is 0 Å². The first-order chi connectivity index (χ1) is 17.4. The van der Waals surface area contributed by atoms with E-state index in [1.807, 2.05) is 51.1 Å². The molecule has 1 aliphatic carbocycles. The summed E-state index contributed by atoms with van der Waals surface area (Å²) in [7, 11) is 0. The summed E-state index contributed by atoms with van der Waals surface area (Å²) in [4.78, 5) is 37.3. The smallest absolute Gasteiger partial charge is 0.196 e. The summed E-state index contributed by atoms with van der Waals surface area (Å²) >= 11 is 0. The largest absolute Gasteiger partial charge is 0.297 e. The molecular weight excluding hydrogens is 453 g/mol. The maximum absolute atomic E-state index is 14.1. The highest BCUT2D eigenvalue weighted by atomic mass is 19.1. The van der Waals surface area contributed by atoms with Crippen LogP contribution in [0, 0.1) is 12.7 Å². The van der Waals surface area contributed by atoms with E-state index in [0.29, 0.717) is 43.9 Å². The second-order valence-electron chi connectivity index (χ2n) is 9.79. The van der Waals surface area contributed by atoms with Crippen LogP contribution >= 0.6 is 0 Å². The zero-order valence-corrected chi connectivity index (χ0v) is 21.2. The van der Waals surface area contributed by atoms with Gasteiger partial charge in [0.1, 0.15) is 5.82 Å². The molecule has 2 aromatic carbocycles. The maximum Gasteiger partial charge on any atom is 0.196 e. The number of hydrogen-bond donors (Lipinski definition) is 0. The van der Waals surface area contributed by atoms with E-state index in [9.17, 15) is 14.0 Å². The van der Waals surface area contributed by atoms with Crippen LogP contribution in [0.5, 0.6) is 0 Å². The number of aromatic nitrogens is 1. The van der Waals surface area contributed by atoms with E-state index in [-0.39, 0.29) is 17.4 Å². The van der Waals surface area contributed by atoms with Gasteiger partial charge in [0, 0.05) is 55.2 Å². The van der Waals surface area contributed by atoms with Gasteiger partial charge in [-0.1, -0.05) is 44.2 Å². The molecule has 36 heavy (non-hydrogen) atoms. The minimum atomic E-state index is -1.37. The van der Waals surface area contributed by atoms with Gasteiger partial charge in [-0.25, -0.2) is 4.39 Å². The number of carbonyl (C=O) groups is 2. The molecule has 0 amide bonds. The van der Waals surface area contributed by atoms with Crippen LogP contribution in [0.1, 0.15) is 62.6 Å². The number of nitrogens with zero attached hydrogens (tertiary/aromatic N) is 3. The standard InChI is InChI=1S/C30H32FN3O2/c1-4-24-17-22(18-25(5-2)32-24)30(28(35)26-8-6-7-9-27(26)29(30)36)34-14-12-33(13-15-34)19-21-16-23(31)11-10-20(21)3/h6-11,16-18H,4-5,12-15,19H2,1-3H3. The summed E-state index contributed by atoms with van der Waals surface area (Å²) in [6.45, 7) is 9.20. The summed E-state index contributed by atoms with van der Waals surface area (Å²) in [5.41, 5.74) is 4.14. The van der Waals surface area contributed by atoms with Crippen LogP contribution in [0.3, 0.4) is 0 Å². The number of rotatable bonds is 6. The summed E-state index contributed by atoms with van der Waals surface area (Å²) in [6, 6.07) is 16.0. The lowest BCUT2D eigenvalue weighted by Gasteiger charge is -2.44. The van der Waals surface area contributed by atoms with Crippen LogP contribution in [-0.4, -0.2) is 52.5 Å². The summed E-state index contributed by atoms with van der Waals surface area (Å²) in [5.74, 6) is -0.523. The van der Waals surface area contributed by atoms with Crippen LogP contribution in [0.15, 0.2) is 54.6 Å². The van der Waals surface area contributed by atoms with Gasteiger partial charge in [-0.15, -0.1) is 0 Å². The Balaban J connectivity index is 1.52. The average Bonchev–Trinajstić information content (AvgIpc) is 3.13. The maximum atomic E-state index is 14.1. The monoisotopic (exact) mass is 485 g/mol. The molecule has 5 nitrogen and oxygen atoms in total. The number of carbonyl (C=O) groups excluding carboxylic acids is 2. The number of ketones is 2. The topological polar surface area (TPSA) is 53.5 Å². The average molecular weight is 486 g/mol. The molecule has 5 rings (SSSR count). The first-order valence-corrected chi connectivity index (χ1v) is 12.8. The van der Waals surface area contributed by atoms with Crippen molar-refractivity contribution >= 4 is 11.6 Å².